The second-order valence-corrected chi connectivity index (χ2v) is 8.91. The molecule has 0 spiro atoms. The van der Waals surface area contributed by atoms with E-state index >= 15 is 0 Å². The lowest BCUT2D eigenvalue weighted by molar-refractivity contribution is -0.133. The zero-order valence-corrected chi connectivity index (χ0v) is 18.3. The topological polar surface area (TPSA) is 67.2 Å². The maximum absolute atomic E-state index is 14.5. The van der Waals surface area contributed by atoms with Crippen LogP contribution in [0.5, 0.6) is 0 Å². The Balaban J connectivity index is 1.82. The van der Waals surface area contributed by atoms with E-state index < -0.39 is 5.54 Å². The largest absolute Gasteiger partial charge is 0.352 e. The predicted octanol–water partition coefficient (Wildman–Crippen LogP) is 3.85. The molecule has 7 heteroatoms. The van der Waals surface area contributed by atoms with E-state index in [1.54, 1.807) is 43.0 Å². The lowest BCUT2D eigenvalue weighted by atomic mass is 9.98. The molecular weight excluding hydrogens is 395 g/mol. The third-order valence-electron chi connectivity index (χ3n) is 5.76. The van der Waals surface area contributed by atoms with Gasteiger partial charge in [0.05, 0.1) is 0 Å². The van der Waals surface area contributed by atoms with Crippen LogP contribution in [0.25, 0.3) is 22.2 Å². The summed E-state index contributed by atoms with van der Waals surface area (Å²) in [6, 6.07) is 10.1. The summed E-state index contributed by atoms with van der Waals surface area (Å²) in [5, 5.41) is 3.59. The van der Waals surface area contributed by atoms with Crippen LogP contribution < -0.4 is 5.32 Å². The van der Waals surface area contributed by atoms with Crippen LogP contribution in [-0.4, -0.2) is 44.9 Å². The van der Waals surface area contributed by atoms with Gasteiger partial charge in [0.1, 0.15) is 22.7 Å². The number of aromatic nitrogens is 2. The van der Waals surface area contributed by atoms with E-state index in [2.05, 4.69) is 24.1 Å². The molecule has 0 saturated carbocycles. The van der Waals surface area contributed by atoms with Gasteiger partial charge in [0.25, 0.3) is 5.91 Å². The quantitative estimate of drug-likeness (QED) is 0.695. The maximum Gasteiger partial charge on any atom is 0.273 e. The Morgan fingerprint density at radius 1 is 1.19 bits per heavy atom. The van der Waals surface area contributed by atoms with Gasteiger partial charge in [-0.3, -0.25) is 9.59 Å². The summed E-state index contributed by atoms with van der Waals surface area (Å²) >= 11 is 0. The molecule has 0 bridgehead atoms. The van der Waals surface area contributed by atoms with Crippen molar-refractivity contribution in [3.05, 3.63) is 54.1 Å². The average Bonchev–Trinajstić information content (AvgIpc) is 3.07. The van der Waals surface area contributed by atoms with Crippen molar-refractivity contribution >= 4 is 22.8 Å². The van der Waals surface area contributed by atoms with Gasteiger partial charge in [-0.1, -0.05) is 32.0 Å². The van der Waals surface area contributed by atoms with E-state index in [9.17, 15) is 14.0 Å². The van der Waals surface area contributed by atoms with E-state index in [1.165, 1.54) is 6.07 Å². The fourth-order valence-electron chi connectivity index (χ4n) is 4.10. The lowest BCUT2D eigenvalue weighted by Gasteiger charge is -2.40. The molecule has 0 unspecified atom stereocenters. The molecule has 1 aromatic carbocycles. The highest BCUT2D eigenvalue weighted by molar-refractivity contribution is 6.01. The van der Waals surface area contributed by atoms with Crippen molar-refractivity contribution in [1.82, 2.24) is 19.8 Å². The molecule has 6 nitrogen and oxygen atoms in total. The fraction of sp³-hybridized carbons (Fsp3) is 0.375. The maximum atomic E-state index is 14.5. The van der Waals surface area contributed by atoms with Crippen LogP contribution in [0.1, 0.15) is 38.2 Å². The number of amides is 2. The number of carbonyl (C=O) groups is 2. The zero-order chi connectivity index (χ0) is 22.3. The number of benzene rings is 1. The van der Waals surface area contributed by atoms with Crippen molar-refractivity contribution in [3.63, 3.8) is 0 Å². The Morgan fingerprint density at radius 3 is 2.65 bits per heavy atom. The molecule has 0 atom stereocenters. The summed E-state index contributed by atoms with van der Waals surface area (Å²) in [6.45, 7) is 9.18. The smallest absolute Gasteiger partial charge is 0.273 e. The molecule has 1 N–H and O–H groups in total. The van der Waals surface area contributed by atoms with Gasteiger partial charge < -0.3 is 14.8 Å². The van der Waals surface area contributed by atoms with Crippen molar-refractivity contribution in [2.75, 3.05) is 13.1 Å². The van der Waals surface area contributed by atoms with Gasteiger partial charge in [-0.05, 0) is 38.0 Å². The third kappa shape index (κ3) is 3.69. The van der Waals surface area contributed by atoms with Gasteiger partial charge in [0.15, 0.2) is 0 Å². The number of hydrogen-bond donors (Lipinski definition) is 1. The first-order valence-electron chi connectivity index (χ1n) is 10.5. The molecule has 1 fully saturated rings. The molecule has 162 valence electrons. The number of pyridine rings is 1. The number of nitrogens with one attached hydrogen (secondary N) is 1. The van der Waals surface area contributed by atoms with Gasteiger partial charge in [-0.25, -0.2) is 9.37 Å². The van der Waals surface area contributed by atoms with Gasteiger partial charge >= 0.3 is 0 Å². The van der Waals surface area contributed by atoms with Crippen molar-refractivity contribution in [3.8, 4) is 11.1 Å². The molecule has 31 heavy (non-hydrogen) atoms. The Hall–Kier alpha value is -3.22. The van der Waals surface area contributed by atoms with Crippen molar-refractivity contribution in [2.24, 2.45) is 5.92 Å². The number of halogens is 1. The van der Waals surface area contributed by atoms with Crippen molar-refractivity contribution in [2.45, 2.75) is 39.8 Å². The monoisotopic (exact) mass is 422 g/mol. The molecule has 2 amide bonds. The van der Waals surface area contributed by atoms with Crippen LogP contribution in [0.2, 0.25) is 0 Å². The summed E-state index contributed by atoms with van der Waals surface area (Å²) in [5.74, 6) is -0.424. The highest BCUT2D eigenvalue weighted by Crippen LogP contribution is 2.32. The van der Waals surface area contributed by atoms with Crippen LogP contribution in [0.4, 0.5) is 4.39 Å². The van der Waals surface area contributed by atoms with Gasteiger partial charge in [-0.2, -0.15) is 0 Å². The molecule has 2 aromatic heterocycles. The number of rotatable bonds is 4. The fourth-order valence-corrected chi connectivity index (χ4v) is 4.10. The summed E-state index contributed by atoms with van der Waals surface area (Å²) in [5.41, 5.74) is 1.21. The highest BCUT2D eigenvalue weighted by atomic mass is 19.1. The van der Waals surface area contributed by atoms with Crippen molar-refractivity contribution in [1.29, 1.82) is 0 Å². The average molecular weight is 423 g/mol. The van der Waals surface area contributed by atoms with E-state index in [4.69, 9.17) is 0 Å². The molecule has 3 heterocycles. The number of hydrogen-bond acceptors (Lipinski definition) is 3. The lowest BCUT2D eigenvalue weighted by Crippen LogP contribution is -2.63. The first-order chi connectivity index (χ1) is 14.7. The second-order valence-electron chi connectivity index (χ2n) is 8.91. The third-order valence-corrected chi connectivity index (χ3v) is 5.76. The van der Waals surface area contributed by atoms with Crippen LogP contribution in [0.3, 0.4) is 0 Å². The Kier molecular flexibility index (Phi) is 5.29. The first-order valence-corrected chi connectivity index (χ1v) is 10.5. The van der Waals surface area contributed by atoms with Crippen LogP contribution in [-0.2, 0) is 11.3 Å². The van der Waals surface area contributed by atoms with Crippen LogP contribution in [0, 0.1) is 11.7 Å². The Morgan fingerprint density at radius 2 is 1.94 bits per heavy atom. The normalized spacial score (nSPS) is 16.1. The molecule has 0 aliphatic carbocycles. The highest BCUT2D eigenvalue weighted by Gasteiger charge is 2.41. The molecule has 1 aliphatic heterocycles. The van der Waals surface area contributed by atoms with Crippen LogP contribution in [0.15, 0.2) is 42.6 Å². The molecule has 0 radical (unpaired) electrons. The van der Waals surface area contributed by atoms with Gasteiger partial charge in [0, 0.05) is 42.3 Å². The minimum atomic E-state index is -0.954. The Labute approximate surface area is 181 Å². The Bertz CT molecular complexity index is 1170. The SMILES string of the molecule is CC(C)Cn1cc(-c2ccccc2F)c2ccc(C(=O)N3CCNC(=O)C3(C)C)nc21. The number of fused-ring (bicyclic) bond motifs is 1. The standard InChI is InChI=1S/C24H27FN4O2/c1-15(2)13-28-14-18(16-7-5-6-8-19(16)25)17-9-10-20(27-21(17)28)22(30)29-12-11-26-23(31)24(29,3)4/h5-10,14-15H,11-13H2,1-4H3,(H,26,31). The summed E-state index contributed by atoms with van der Waals surface area (Å²) in [6.07, 6.45) is 1.91. The molecule has 1 aliphatic rings. The minimum absolute atomic E-state index is 0.182. The van der Waals surface area contributed by atoms with E-state index in [0.29, 0.717) is 36.8 Å². The first kappa shape index (κ1) is 21.0. The zero-order valence-electron chi connectivity index (χ0n) is 18.3. The van der Waals surface area contributed by atoms with Crippen molar-refractivity contribution < 1.29 is 14.0 Å². The van der Waals surface area contributed by atoms with E-state index in [1.807, 2.05) is 16.8 Å². The summed E-state index contributed by atoms with van der Waals surface area (Å²) < 4.78 is 16.5. The molecule has 4 rings (SSSR count). The summed E-state index contributed by atoms with van der Waals surface area (Å²) in [7, 11) is 0. The van der Waals surface area contributed by atoms with E-state index in [0.717, 1.165) is 10.9 Å². The van der Waals surface area contributed by atoms with Gasteiger partial charge in [0.2, 0.25) is 5.91 Å². The second kappa shape index (κ2) is 7.80. The molecule has 3 aromatic rings. The predicted molar refractivity (Wildman–Crippen MR) is 118 cm³/mol. The minimum Gasteiger partial charge on any atom is -0.352 e. The number of nitrogens with zero attached hydrogens (tertiary/aromatic N) is 3. The molecule has 1 saturated heterocycles. The van der Waals surface area contributed by atoms with Gasteiger partial charge in [-0.15, -0.1) is 0 Å². The number of carbonyl (C=O) groups excluding carboxylic acids is 2. The summed E-state index contributed by atoms with van der Waals surface area (Å²) in [4.78, 5) is 31.8. The van der Waals surface area contributed by atoms with Crippen LogP contribution >= 0.6 is 0 Å². The van der Waals surface area contributed by atoms with E-state index in [-0.39, 0.29) is 23.3 Å². The number of piperazine rings is 1. The molecular formula is C24H27FN4O2.